The Morgan fingerprint density at radius 2 is 0.786 bits per heavy atom. The van der Waals surface area contributed by atoms with Crippen LogP contribution in [0.15, 0.2) is 158 Å². The number of hydrogen-bond donors (Lipinski definition) is 0. The lowest BCUT2D eigenvalue weighted by Gasteiger charge is -2.17. The molecular weight excluding hydrogens is 504 g/mol. The second-order valence-electron chi connectivity index (χ2n) is 11.3. The average molecular weight is 531 g/mol. The Morgan fingerprint density at radius 3 is 1.55 bits per heavy atom. The van der Waals surface area contributed by atoms with Gasteiger partial charge in [-0.25, -0.2) is 0 Å². The van der Waals surface area contributed by atoms with Crippen LogP contribution in [0.3, 0.4) is 0 Å². The van der Waals surface area contributed by atoms with Gasteiger partial charge in [0.25, 0.3) is 0 Å². The van der Waals surface area contributed by atoms with Crippen molar-refractivity contribution in [3.05, 3.63) is 158 Å². The van der Waals surface area contributed by atoms with Crippen molar-refractivity contribution in [2.75, 3.05) is 0 Å². The Kier molecular flexibility index (Phi) is 5.00. The van der Waals surface area contributed by atoms with Gasteiger partial charge in [0.1, 0.15) is 0 Å². The fourth-order valence-electron chi connectivity index (χ4n) is 6.96. The summed E-state index contributed by atoms with van der Waals surface area (Å²) in [5.41, 5.74) is 5.00. The van der Waals surface area contributed by atoms with Gasteiger partial charge in [-0.3, -0.25) is 0 Å². The largest absolute Gasteiger partial charge is 0.0622 e. The Bertz CT molecular complexity index is 2500. The first kappa shape index (κ1) is 23.3. The quantitative estimate of drug-likeness (QED) is 0.154. The standard InChI is InChI=1S/C42H26/c1-2-10-27(11-3-1)31-20-18-28-19-21-32(23-33(28)22-31)38-26-41-35-15-7-6-14-34(35)39-24-29-12-4-5-13-30(29)25-40(39)42(41)37-17-9-8-16-36(37)38/h1-26H. The molecule has 0 aliphatic rings. The zero-order chi connectivity index (χ0) is 27.6. The summed E-state index contributed by atoms with van der Waals surface area (Å²) < 4.78 is 0. The van der Waals surface area contributed by atoms with Crippen LogP contribution in [0.2, 0.25) is 0 Å². The fourth-order valence-corrected chi connectivity index (χ4v) is 6.96. The van der Waals surface area contributed by atoms with Crippen molar-refractivity contribution in [1.82, 2.24) is 0 Å². The molecule has 0 nitrogen and oxygen atoms in total. The lowest BCUT2D eigenvalue weighted by molar-refractivity contribution is 1.64. The minimum atomic E-state index is 1.24. The third-order valence-corrected chi connectivity index (χ3v) is 8.97. The van der Waals surface area contributed by atoms with E-state index in [2.05, 4.69) is 158 Å². The first-order chi connectivity index (χ1) is 20.8. The summed E-state index contributed by atoms with van der Waals surface area (Å²) in [5.74, 6) is 0. The topological polar surface area (TPSA) is 0 Å². The van der Waals surface area contributed by atoms with Crippen LogP contribution in [0, 0.1) is 0 Å². The van der Waals surface area contributed by atoms with Crippen LogP contribution < -0.4 is 0 Å². The molecule has 0 bridgehead atoms. The highest BCUT2D eigenvalue weighted by Gasteiger charge is 2.16. The van der Waals surface area contributed by atoms with Crippen molar-refractivity contribution in [1.29, 1.82) is 0 Å². The van der Waals surface area contributed by atoms with Crippen molar-refractivity contribution in [2.24, 2.45) is 0 Å². The SMILES string of the molecule is c1ccc(-c2ccc3ccc(-c4cc5c6ccccc6c6cc7ccccc7cc6c5c5ccccc45)cc3c2)cc1. The van der Waals surface area contributed by atoms with Gasteiger partial charge in [0.05, 0.1) is 0 Å². The third-order valence-electron chi connectivity index (χ3n) is 8.97. The minimum absolute atomic E-state index is 1.24. The van der Waals surface area contributed by atoms with Gasteiger partial charge in [-0.2, -0.15) is 0 Å². The average Bonchev–Trinajstić information content (AvgIpc) is 3.07. The van der Waals surface area contributed by atoms with E-state index in [-0.39, 0.29) is 0 Å². The molecule has 42 heavy (non-hydrogen) atoms. The van der Waals surface area contributed by atoms with Gasteiger partial charge < -0.3 is 0 Å². The molecule has 9 rings (SSSR count). The minimum Gasteiger partial charge on any atom is -0.0622 e. The second-order valence-corrected chi connectivity index (χ2v) is 11.3. The molecule has 9 aromatic rings. The van der Waals surface area contributed by atoms with Crippen molar-refractivity contribution >= 4 is 64.6 Å². The van der Waals surface area contributed by atoms with Gasteiger partial charge in [-0.1, -0.05) is 127 Å². The van der Waals surface area contributed by atoms with E-state index >= 15 is 0 Å². The molecule has 0 aliphatic carbocycles. The fraction of sp³-hybridized carbons (Fsp3) is 0. The number of rotatable bonds is 2. The summed E-state index contributed by atoms with van der Waals surface area (Å²) in [7, 11) is 0. The summed E-state index contributed by atoms with van der Waals surface area (Å²) in [6.45, 7) is 0. The number of fused-ring (bicyclic) bond motifs is 10. The molecule has 0 heterocycles. The maximum absolute atomic E-state index is 2.44. The van der Waals surface area contributed by atoms with Crippen LogP contribution in [-0.4, -0.2) is 0 Å². The molecular formula is C42H26. The molecule has 0 aromatic heterocycles. The molecule has 9 aromatic carbocycles. The monoisotopic (exact) mass is 530 g/mol. The van der Waals surface area contributed by atoms with Crippen molar-refractivity contribution in [3.63, 3.8) is 0 Å². The molecule has 0 radical (unpaired) electrons. The smallest absolute Gasteiger partial charge is 0.00197 e. The predicted octanol–water partition coefficient (Wildman–Crippen LogP) is 11.9. The van der Waals surface area contributed by atoms with E-state index in [1.165, 1.54) is 86.9 Å². The lowest BCUT2D eigenvalue weighted by atomic mass is 9.86. The molecule has 0 unspecified atom stereocenters. The molecule has 0 fully saturated rings. The second kappa shape index (κ2) is 9.03. The molecule has 0 amide bonds. The zero-order valence-electron chi connectivity index (χ0n) is 23.0. The van der Waals surface area contributed by atoms with Crippen LogP contribution in [0.1, 0.15) is 0 Å². The van der Waals surface area contributed by atoms with Crippen LogP contribution >= 0.6 is 0 Å². The van der Waals surface area contributed by atoms with Gasteiger partial charge in [0.15, 0.2) is 0 Å². The Morgan fingerprint density at radius 1 is 0.238 bits per heavy atom. The van der Waals surface area contributed by atoms with Crippen LogP contribution in [-0.2, 0) is 0 Å². The first-order valence-corrected chi connectivity index (χ1v) is 14.6. The Labute approximate surface area is 244 Å². The van der Waals surface area contributed by atoms with Gasteiger partial charge in [0, 0.05) is 0 Å². The molecule has 0 spiro atoms. The third kappa shape index (κ3) is 3.49. The van der Waals surface area contributed by atoms with Crippen LogP contribution in [0.4, 0.5) is 0 Å². The maximum Gasteiger partial charge on any atom is -0.00197 e. The summed E-state index contributed by atoms with van der Waals surface area (Å²) in [6, 6.07) is 58.1. The molecule has 0 saturated heterocycles. The molecule has 0 heteroatoms. The van der Waals surface area contributed by atoms with E-state index in [4.69, 9.17) is 0 Å². The van der Waals surface area contributed by atoms with E-state index < -0.39 is 0 Å². The highest BCUT2D eigenvalue weighted by molar-refractivity contribution is 6.34. The zero-order valence-corrected chi connectivity index (χ0v) is 23.0. The lowest BCUT2D eigenvalue weighted by Crippen LogP contribution is -1.89. The molecule has 0 atom stereocenters. The van der Waals surface area contributed by atoms with Crippen LogP contribution in [0.25, 0.3) is 86.9 Å². The van der Waals surface area contributed by atoms with Gasteiger partial charge in [0.2, 0.25) is 0 Å². The molecule has 0 N–H and O–H groups in total. The molecule has 0 aliphatic heterocycles. The Balaban J connectivity index is 1.39. The highest BCUT2D eigenvalue weighted by atomic mass is 14.2. The van der Waals surface area contributed by atoms with Crippen molar-refractivity contribution < 1.29 is 0 Å². The number of benzene rings is 9. The van der Waals surface area contributed by atoms with Crippen molar-refractivity contribution in [3.8, 4) is 22.3 Å². The molecule has 194 valence electrons. The van der Waals surface area contributed by atoms with Crippen LogP contribution in [0.5, 0.6) is 0 Å². The van der Waals surface area contributed by atoms with E-state index in [0.29, 0.717) is 0 Å². The van der Waals surface area contributed by atoms with Gasteiger partial charge >= 0.3 is 0 Å². The first-order valence-electron chi connectivity index (χ1n) is 14.6. The summed E-state index contributed by atoms with van der Waals surface area (Å²) >= 11 is 0. The Hall–Kier alpha value is -5.46. The predicted molar refractivity (Wildman–Crippen MR) is 182 cm³/mol. The van der Waals surface area contributed by atoms with E-state index in [0.717, 1.165) is 0 Å². The number of hydrogen-bond acceptors (Lipinski definition) is 0. The van der Waals surface area contributed by atoms with Crippen molar-refractivity contribution in [2.45, 2.75) is 0 Å². The van der Waals surface area contributed by atoms with E-state index in [1.807, 2.05) is 0 Å². The normalized spacial score (nSPS) is 11.8. The van der Waals surface area contributed by atoms with E-state index in [1.54, 1.807) is 0 Å². The molecule has 0 saturated carbocycles. The summed E-state index contributed by atoms with van der Waals surface area (Å²) in [4.78, 5) is 0. The maximum atomic E-state index is 2.44. The summed E-state index contributed by atoms with van der Waals surface area (Å²) in [5, 5.41) is 15.5. The van der Waals surface area contributed by atoms with Gasteiger partial charge in [-0.15, -0.1) is 0 Å². The highest BCUT2D eigenvalue weighted by Crippen LogP contribution is 2.44. The summed E-state index contributed by atoms with van der Waals surface area (Å²) in [6.07, 6.45) is 0. The van der Waals surface area contributed by atoms with Gasteiger partial charge in [-0.05, 0) is 117 Å². The van der Waals surface area contributed by atoms with E-state index in [9.17, 15) is 0 Å².